The third-order valence-corrected chi connectivity index (χ3v) is 2.18. The lowest BCUT2D eigenvalue weighted by Gasteiger charge is -2.01. The van der Waals surface area contributed by atoms with E-state index in [1.54, 1.807) is 11.5 Å². The zero-order valence-corrected chi connectivity index (χ0v) is 8.72. The summed E-state index contributed by atoms with van der Waals surface area (Å²) in [5, 5.41) is 18.3. The van der Waals surface area contributed by atoms with E-state index in [2.05, 4.69) is 26.3 Å². The van der Waals surface area contributed by atoms with Crippen LogP contribution in [-0.4, -0.2) is 21.2 Å². The van der Waals surface area contributed by atoms with Gasteiger partial charge < -0.3 is 0 Å². The van der Waals surface area contributed by atoms with Crippen molar-refractivity contribution < 1.29 is 4.79 Å². The minimum absolute atomic E-state index is 0.196. The molecule has 0 amide bonds. The molecule has 2 heterocycles. The Kier molecular flexibility index (Phi) is 2.30. The van der Waals surface area contributed by atoms with Crippen LogP contribution in [0, 0.1) is 5.41 Å². The summed E-state index contributed by atoms with van der Waals surface area (Å²) in [5.41, 5.74) is 1.17. The molecular formula is C9H8N6O. The molecule has 1 aromatic rings. The normalized spacial score (nSPS) is 13.9. The molecule has 0 radical (unpaired) electrons. The van der Waals surface area contributed by atoms with E-state index in [9.17, 15) is 4.79 Å². The molecule has 80 valence electrons. The highest BCUT2D eigenvalue weighted by atomic mass is 16.1. The zero-order valence-electron chi connectivity index (χ0n) is 8.72. The lowest BCUT2D eigenvalue weighted by atomic mass is 10.2. The summed E-state index contributed by atoms with van der Waals surface area (Å²) >= 11 is 0. The number of allylic oxidation sites excluding steroid dienone is 2. The summed E-state index contributed by atoms with van der Waals surface area (Å²) < 4.78 is 1.56. The van der Waals surface area contributed by atoms with Gasteiger partial charge in [-0.25, -0.2) is 4.98 Å². The van der Waals surface area contributed by atoms with Crippen LogP contribution in [0.3, 0.4) is 0 Å². The van der Waals surface area contributed by atoms with Crippen LogP contribution < -0.4 is 10.8 Å². The number of rotatable bonds is 1. The van der Waals surface area contributed by atoms with Gasteiger partial charge in [0.2, 0.25) is 0 Å². The molecular weight excluding hydrogens is 208 g/mol. The fourth-order valence-electron chi connectivity index (χ4n) is 1.39. The summed E-state index contributed by atoms with van der Waals surface area (Å²) in [5.74, 6) is 1.95. The number of Topliss-reactive ketones (excluding diaryl/α,β-unsaturated/α-hetero) is 1. The molecule has 0 aromatic carbocycles. The Morgan fingerprint density at radius 3 is 2.94 bits per heavy atom. The number of nitrogens with one attached hydrogen (secondary N) is 1. The van der Waals surface area contributed by atoms with Crippen molar-refractivity contribution in [1.29, 1.82) is 5.41 Å². The number of ketones is 1. The van der Waals surface area contributed by atoms with Crippen molar-refractivity contribution in [3.63, 3.8) is 0 Å². The highest BCUT2D eigenvalue weighted by molar-refractivity contribution is 5.97. The number of aromatic nitrogens is 2. The van der Waals surface area contributed by atoms with Crippen molar-refractivity contribution in [2.75, 3.05) is 0 Å². The fraction of sp³-hybridized carbons (Fsp3) is 0.222. The average Bonchev–Trinajstić information content (AvgIpc) is 2.58. The van der Waals surface area contributed by atoms with Crippen molar-refractivity contribution in [2.45, 2.75) is 13.8 Å². The SMILES string of the molecule is CC(=O)C1=C(C)n2cnc(=C=N)c2=NN=N1. The molecule has 0 aliphatic carbocycles. The Morgan fingerprint density at radius 1 is 1.56 bits per heavy atom. The number of hydrogen-bond acceptors (Lipinski definition) is 6. The molecule has 1 aliphatic heterocycles. The summed E-state index contributed by atoms with van der Waals surface area (Å²) in [4.78, 5) is 15.2. The smallest absolute Gasteiger partial charge is 0.198 e. The summed E-state index contributed by atoms with van der Waals surface area (Å²) in [6, 6.07) is 0. The molecule has 0 saturated carbocycles. The molecule has 16 heavy (non-hydrogen) atoms. The van der Waals surface area contributed by atoms with E-state index in [1.807, 2.05) is 0 Å². The van der Waals surface area contributed by atoms with Gasteiger partial charge in [0, 0.05) is 12.8 Å². The molecule has 7 heteroatoms. The third-order valence-electron chi connectivity index (χ3n) is 2.18. The second kappa shape index (κ2) is 3.63. The van der Waals surface area contributed by atoms with Crippen molar-refractivity contribution in [1.82, 2.24) is 9.55 Å². The van der Waals surface area contributed by atoms with Crippen LogP contribution in [-0.2, 0) is 4.79 Å². The van der Waals surface area contributed by atoms with Gasteiger partial charge in [-0.1, -0.05) is 0 Å². The van der Waals surface area contributed by atoms with Gasteiger partial charge in [-0.15, -0.1) is 10.2 Å². The second-order valence-electron chi connectivity index (χ2n) is 3.19. The standard InChI is InChI=1S/C9H8N6O/c1-5-8(6(2)16)12-14-13-9-7(3-10)11-4-15(5)9/h4,10H,1-2H3. The molecule has 7 nitrogen and oxygen atoms in total. The highest BCUT2D eigenvalue weighted by Gasteiger charge is 2.13. The molecule has 0 saturated heterocycles. The minimum Gasteiger partial charge on any atom is -0.293 e. The monoisotopic (exact) mass is 216 g/mol. The van der Waals surface area contributed by atoms with Gasteiger partial charge in [0.05, 0.1) is 5.70 Å². The molecule has 0 unspecified atom stereocenters. The van der Waals surface area contributed by atoms with Crippen molar-refractivity contribution in [3.05, 3.63) is 22.9 Å². The topological polar surface area (TPSA) is 95.8 Å². The summed E-state index contributed by atoms with van der Waals surface area (Å²) in [6.45, 7) is 3.12. The second-order valence-corrected chi connectivity index (χ2v) is 3.19. The number of imidazole rings is 1. The first kappa shape index (κ1) is 10.1. The van der Waals surface area contributed by atoms with E-state index in [0.29, 0.717) is 11.2 Å². The van der Waals surface area contributed by atoms with Gasteiger partial charge in [0.1, 0.15) is 12.0 Å². The lowest BCUT2D eigenvalue weighted by Crippen LogP contribution is -2.30. The Labute approximate surface area is 90.0 Å². The molecule has 0 spiro atoms. The summed E-state index contributed by atoms with van der Waals surface area (Å²) in [6.07, 6.45) is 1.46. The van der Waals surface area contributed by atoms with Crippen molar-refractivity contribution in [2.24, 2.45) is 15.4 Å². The minimum atomic E-state index is -0.196. The van der Waals surface area contributed by atoms with Crippen LogP contribution in [0.5, 0.6) is 0 Å². The van der Waals surface area contributed by atoms with E-state index in [-0.39, 0.29) is 16.8 Å². The van der Waals surface area contributed by atoms with Crippen LogP contribution in [0.1, 0.15) is 13.8 Å². The van der Waals surface area contributed by atoms with Crippen LogP contribution in [0.15, 0.2) is 27.5 Å². The first-order valence-corrected chi connectivity index (χ1v) is 4.49. The maximum absolute atomic E-state index is 11.3. The molecule has 1 aliphatic rings. The Morgan fingerprint density at radius 2 is 2.31 bits per heavy atom. The molecule has 1 aromatic heterocycles. The first-order chi connectivity index (χ1) is 7.65. The predicted octanol–water partition coefficient (Wildman–Crippen LogP) is -0.419. The molecule has 2 rings (SSSR count). The average molecular weight is 216 g/mol. The number of fused-ring (bicyclic) bond motifs is 1. The van der Waals surface area contributed by atoms with Crippen molar-refractivity contribution in [3.8, 4) is 0 Å². The maximum Gasteiger partial charge on any atom is 0.198 e. The summed E-state index contributed by atoms with van der Waals surface area (Å²) in [7, 11) is 0. The van der Waals surface area contributed by atoms with E-state index < -0.39 is 0 Å². The van der Waals surface area contributed by atoms with Gasteiger partial charge in [-0.2, -0.15) is 0 Å². The van der Waals surface area contributed by atoms with Crippen LogP contribution >= 0.6 is 0 Å². The Bertz CT molecular complexity index is 659. The zero-order chi connectivity index (χ0) is 11.7. The fourth-order valence-corrected chi connectivity index (χ4v) is 1.39. The van der Waals surface area contributed by atoms with Gasteiger partial charge in [-0.3, -0.25) is 14.8 Å². The molecule has 1 N–H and O–H groups in total. The Hall–Kier alpha value is -2.40. The van der Waals surface area contributed by atoms with Gasteiger partial charge in [-0.05, 0) is 12.1 Å². The quantitative estimate of drug-likeness (QED) is 0.645. The predicted molar refractivity (Wildman–Crippen MR) is 54.3 cm³/mol. The van der Waals surface area contributed by atoms with E-state index >= 15 is 0 Å². The van der Waals surface area contributed by atoms with Gasteiger partial charge in [0.25, 0.3) is 0 Å². The van der Waals surface area contributed by atoms with E-state index in [0.717, 1.165) is 0 Å². The van der Waals surface area contributed by atoms with E-state index in [1.165, 1.54) is 13.3 Å². The van der Waals surface area contributed by atoms with Gasteiger partial charge in [0.15, 0.2) is 16.6 Å². The van der Waals surface area contributed by atoms with Crippen LogP contribution in [0.25, 0.3) is 5.70 Å². The van der Waals surface area contributed by atoms with Crippen LogP contribution in [0.2, 0.25) is 0 Å². The number of carbonyl (C=O) groups is 1. The Balaban J connectivity index is 2.86. The highest BCUT2D eigenvalue weighted by Crippen LogP contribution is 2.12. The molecule has 0 atom stereocenters. The van der Waals surface area contributed by atoms with Crippen molar-refractivity contribution >= 4 is 17.4 Å². The molecule has 0 bridgehead atoms. The van der Waals surface area contributed by atoms with Gasteiger partial charge >= 0.3 is 0 Å². The van der Waals surface area contributed by atoms with E-state index in [4.69, 9.17) is 5.41 Å². The number of nitrogens with zero attached hydrogens (tertiary/aromatic N) is 5. The maximum atomic E-state index is 11.3. The third kappa shape index (κ3) is 1.39. The number of carbonyl (C=O) groups excluding carboxylic acids is 1. The largest absolute Gasteiger partial charge is 0.293 e. The first-order valence-electron chi connectivity index (χ1n) is 4.49. The molecule has 0 fully saturated rings. The van der Waals surface area contributed by atoms with Crippen LogP contribution in [0.4, 0.5) is 0 Å². The lowest BCUT2D eigenvalue weighted by molar-refractivity contribution is -0.113. The number of hydrogen-bond donors (Lipinski definition) is 1.